The molecule has 0 radical (unpaired) electrons. The molecule has 0 aromatic carbocycles. The molecule has 0 aliphatic heterocycles. The minimum atomic E-state index is -0.677. The van der Waals surface area contributed by atoms with E-state index in [0.29, 0.717) is 0 Å². The number of rotatable bonds is 2. The van der Waals surface area contributed by atoms with Gasteiger partial charge >= 0.3 is 0 Å². The molecule has 1 heterocycles. The molecule has 11 heavy (non-hydrogen) atoms. The topological polar surface area (TPSA) is 59.1 Å². The van der Waals surface area contributed by atoms with Gasteiger partial charge in [-0.25, -0.2) is 4.98 Å². The van der Waals surface area contributed by atoms with Crippen LogP contribution in [0.25, 0.3) is 0 Å². The number of aliphatic hydroxyl groups excluding tert-OH is 1. The largest absolute Gasteiger partial charge is 0.394 e. The summed E-state index contributed by atoms with van der Waals surface area (Å²) in [7, 11) is 0. The Hall–Kier alpha value is -1.00. The van der Waals surface area contributed by atoms with Crippen molar-refractivity contribution < 1.29 is 9.50 Å². The highest BCUT2D eigenvalue weighted by molar-refractivity contribution is 5.14. The molecule has 1 atom stereocenters. The Morgan fingerprint density at radius 3 is 3.00 bits per heavy atom. The summed E-state index contributed by atoms with van der Waals surface area (Å²) in [6, 6.07) is 2.40. The molecule has 0 spiro atoms. The second kappa shape index (κ2) is 3.41. The van der Waals surface area contributed by atoms with Crippen molar-refractivity contribution in [3.8, 4) is 0 Å². The highest BCUT2D eigenvalue weighted by Gasteiger charge is 2.09. The molecule has 3 nitrogen and oxygen atoms in total. The molecule has 0 aliphatic rings. The highest BCUT2D eigenvalue weighted by Crippen LogP contribution is 2.10. The number of pyridine rings is 1. The first-order chi connectivity index (χ1) is 5.25. The molecular formula is C7H9FN2O. The molecule has 1 aromatic heterocycles. The first kappa shape index (κ1) is 8.10. The fourth-order valence-electron chi connectivity index (χ4n) is 0.773. The molecule has 4 heteroatoms. The van der Waals surface area contributed by atoms with Gasteiger partial charge in [0.15, 0.2) is 0 Å². The van der Waals surface area contributed by atoms with Gasteiger partial charge in [0.25, 0.3) is 0 Å². The maximum Gasteiger partial charge on any atom is 0.217 e. The van der Waals surface area contributed by atoms with E-state index in [2.05, 4.69) is 4.98 Å². The summed E-state index contributed by atoms with van der Waals surface area (Å²) in [5.41, 5.74) is 5.61. The maximum atomic E-state index is 12.7. The van der Waals surface area contributed by atoms with Crippen molar-refractivity contribution in [2.45, 2.75) is 6.04 Å². The van der Waals surface area contributed by atoms with Crippen LogP contribution < -0.4 is 5.73 Å². The zero-order valence-corrected chi connectivity index (χ0v) is 5.87. The lowest BCUT2D eigenvalue weighted by Gasteiger charge is -2.07. The monoisotopic (exact) mass is 156 g/mol. The smallest absolute Gasteiger partial charge is 0.217 e. The molecule has 0 unspecified atom stereocenters. The maximum absolute atomic E-state index is 12.7. The number of nitrogens with zero attached hydrogens (tertiary/aromatic N) is 1. The van der Waals surface area contributed by atoms with Gasteiger partial charge in [-0.15, -0.1) is 0 Å². The Morgan fingerprint density at radius 2 is 2.45 bits per heavy atom. The highest BCUT2D eigenvalue weighted by atomic mass is 19.1. The van der Waals surface area contributed by atoms with Gasteiger partial charge in [-0.05, 0) is 6.07 Å². The van der Waals surface area contributed by atoms with E-state index in [1.165, 1.54) is 12.3 Å². The number of halogens is 1. The van der Waals surface area contributed by atoms with Crippen LogP contribution in [-0.2, 0) is 0 Å². The zero-order valence-electron chi connectivity index (χ0n) is 5.87. The third-order valence-corrected chi connectivity index (χ3v) is 1.38. The van der Waals surface area contributed by atoms with Gasteiger partial charge in [-0.3, -0.25) is 0 Å². The summed E-state index contributed by atoms with van der Waals surface area (Å²) < 4.78 is 12.7. The van der Waals surface area contributed by atoms with E-state index in [9.17, 15) is 4.39 Å². The zero-order chi connectivity index (χ0) is 8.27. The van der Waals surface area contributed by atoms with E-state index < -0.39 is 12.0 Å². The Bertz CT molecular complexity index is 242. The van der Waals surface area contributed by atoms with E-state index in [0.717, 1.165) is 0 Å². The molecule has 0 bridgehead atoms. The fourth-order valence-corrected chi connectivity index (χ4v) is 0.773. The SMILES string of the molecule is N[C@@H](CO)c1cccnc1F. The van der Waals surface area contributed by atoms with Crippen LogP contribution in [0.15, 0.2) is 18.3 Å². The number of aromatic nitrogens is 1. The van der Waals surface area contributed by atoms with Gasteiger partial charge in [0.05, 0.1) is 12.6 Å². The lowest BCUT2D eigenvalue weighted by Crippen LogP contribution is -2.16. The van der Waals surface area contributed by atoms with Crippen molar-refractivity contribution in [1.29, 1.82) is 0 Å². The Kier molecular flexibility index (Phi) is 2.51. The molecule has 3 N–H and O–H groups in total. The second-order valence-corrected chi connectivity index (χ2v) is 2.17. The number of aliphatic hydroxyl groups is 1. The number of nitrogens with two attached hydrogens (primary N) is 1. The summed E-state index contributed by atoms with van der Waals surface area (Å²) >= 11 is 0. The average molecular weight is 156 g/mol. The number of hydrogen-bond acceptors (Lipinski definition) is 3. The quantitative estimate of drug-likeness (QED) is 0.602. The summed E-state index contributed by atoms with van der Waals surface area (Å²) in [5, 5.41) is 8.59. The Labute approximate surface area is 63.7 Å². The summed E-state index contributed by atoms with van der Waals surface area (Å²) in [4.78, 5) is 3.39. The van der Waals surface area contributed by atoms with Crippen LogP contribution in [0.3, 0.4) is 0 Å². The van der Waals surface area contributed by atoms with Crippen molar-refractivity contribution in [2.24, 2.45) is 5.73 Å². The van der Waals surface area contributed by atoms with Crippen LogP contribution >= 0.6 is 0 Å². The molecule has 0 saturated heterocycles. The van der Waals surface area contributed by atoms with E-state index in [4.69, 9.17) is 10.8 Å². The molecule has 1 aromatic rings. The third-order valence-electron chi connectivity index (χ3n) is 1.38. The molecule has 0 aliphatic carbocycles. The van der Waals surface area contributed by atoms with Crippen LogP contribution in [0.2, 0.25) is 0 Å². The summed E-state index contributed by atoms with van der Waals surface area (Å²) in [6.07, 6.45) is 1.34. The predicted octanol–water partition coefficient (Wildman–Crippen LogP) is 0.213. The average Bonchev–Trinajstić information content (AvgIpc) is 2.04. The first-order valence-corrected chi connectivity index (χ1v) is 3.22. The van der Waals surface area contributed by atoms with Gasteiger partial charge in [-0.2, -0.15) is 4.39 Å². The van der Waals surface area contributed by atoms with E-state index in [-0.39, 0.29) is 12.2 Å². The van der Waals surface area contributed by atoms with Gasteiger partial charge in [-0.1, -0.05) is 6.07 Å². The normalized spacial score (nSPS) is 13.0. The van der Waals surface area contributed by atoms with Crippen molar-refractivity contribution >= 4 is 0 Å². The summed E-state index contributed by atoms with van der Waals surface area (Å²) in [5.74, 6) is -0.617. The minimum Gasteiger partial charge on any atom is -0.394 e. The van der Waals surface area contributed by atoms with Crippen molar-refractivity contribution in [1.82, 2.24) is 4.98 Å². The summed E-state index contributed by atoms with van der Waals surface area (Å²) in [6.45, 7) is -0.275. The lowest BCUT2D eigenvalue weighted by molar-refractivity contribution is 0.264. The Morgan fingerprint density at radius 1 is 1.73 bits per heavy atom. The third kappa shape index (κ3) is 1.72. The van der Waals surface area contributed by atoms with Crippen LogP contribution in [0, 0.1) is 5.95 Å². The van der Waals surface area contributed by atoms with Gasteiger partial charge in [0.1, 0.15) is 0 Å². The van der Waals surface area contributed by atoms with Crippen LogP contribution in [0.4, 0.5) is 4.39 Å². The van der Waals surface area contributed by atoms with Crippen molar-refractivity contribution in [3.63, 3.8) is 0 Å². The molecule has 60 valence electrons. The molecule has 0 saturated carbocycles. The minimum absolute atomic E-state index is 0.245. The van der Waals surface area contributed by atoms with E-state index in [1.807, 2.05) is 0 Å². The van der Waals surface area contributed by atoms with E-state index >= 15 is 0 Å². The van der Waals surface area contributed by atoms with E-state index in [1.54, 1.807) is 6.07 Å². The van der Waals surface area contributed by atoms with Crippen molar-refractivity contribution in [3.05, 3.63) is 29.8 Å². The molecule has 1 rings (SSSR count). The van der Waals surface area contributed by atoms with Crippen LogP contribution in [-0.4, -0.2) is 16.7 Å². The molecule has 0 fully saturated rings. The molecular weight excluding hydrogens is 147 g/mol. The fraction of sp³-hybridized carbons (Fsp3) is 0.286. The van der Waals surface area contributed by atoms with Gasteiger partial charge in [0, 0.05) is 11.8 Å². The lowest BCUT2D eigenvalue weighted by atomic mass is 10.1. The van der Waals surface area contributed by atoms with Crippen molar-refractivity contribution in [2.75, 3.05) is 6.61 Å². The number of hydrogen-bond donors (Lipinski definition) is 2. The first-order valence-electron chi connectivity index (χ1n) is 3.22. The predicted molar refractivity (Wildman–Crippen MR) is 38.2 cm³/mol. The van der Waals surface area contributed by atoms with Crippen LogP contribution in [0.5, 0.6) is 0 Å². The second-order valence-electron chi connectivity index (χ2n) is 2.17. The van der Waals surface area contributed by atoms with Gasteiger partial charge in [0.2, 0.25) is 5.95 Å². The van der Waals surface area contributed by atoms with Gasteiger partial charge < -0.3 is 10.8 Å². The standard InChI is InChI=1S/C7H9FN2O/c8-7-5(6(9)4-11)2-1-3-10-7/h1-3,6,11H,4,9H2/t6-/m0/s1. The van der Waals surface area contributed by atoms with Crippen LogP contribution in [0.1, 0.15) is 11.6 Å². The molecule has 0 amide bonds. The Balaban J connectivity index is 2.93.